The fraction of sp³-hybridized carbons (Fsp3) is 0.263. The van der Waals surface area contributed by atoms with Crippen LogP contribution in [0.3, 0.4) is 0 Å². The maximum atomic E-state index is 12.0. The van der Waals surface area contributed by atoms with E-state index in [1.807, 2.05) is 35.7 Å². The third-order valence-electron chi connectivity index (χ3n) is 3.94. The molecule has 0 amide bonds. The number of hydrogen-bond donors (Lipinski definition) is 0. The van der Waals surface area contributed by atoms with Crippen LogP contribution in [-0.4, -0.2) is 15.4 Å². The fourth-order valence-corrected chi connectivity index (χ4v) is 2.56. The second-order valence-electron chi connectivity index (χ2n) is 5.72. The molecule has 2 aromatic heterocycles. The zero-order chi connectivity index (χ0) is 16.2. The zero-order valence-corrected chi connectivity index (χ0v) is 13.5. The van der Waals surface area contributed by atoms with Gasteiger partial charge in [0.2, 0.25) is 0 Å². The van der Waals surface area contributed by atoms with Gasteiger partial charge in [-0.25, -0.2) is 4.98 Å². The van der Waals surface area contributed by atoms with E-state index in [-0.39, 0.29) is 12.6 Å². The smallest absolute Gasteiger partial charge is 0.306 e. The molecule has 23 heavy (non-hydrogen) atoms. The average molecular weight is 308 g/mol. The second kappa shape index (κ2) is 6.65. The monoisotopic (exact) mass is 308 g/mol. The van der Waals surface area contributed by atoms with E-state index in [0.29, 0.717) is 12.8 Å². The van der Waals surface area contributed by atoms with E-state index in [1.165, 1.54) is 5.56 Å². The molecule has 3 rings (SSSR count). The first-order valence-corrected chi connectivity index (χ1v) is 7.77. The largest absolute Gasteiger partial charge is 0.459 e. The van der Waals surface area contributed by atoms with Gasteiger partial charge in [-0.15, -0.1) is 0 Å². The summed E-state index contributed by atoms with van der Waals surface area (Å²) in [6, 6.07) is 14.0. The topological polar surface area (TPSA) is 43.6 Å². The Kier molecular flexibility index (Phi) is 4.42. The molecule has 0 aliphatic carbocycles. The van der Waals surface area contributed by atoms with Crippen LogP contribution in [0.4, 0.5) is 0 Å². The highest BCUT2D eigenvalue weighted by atomic mass is 16.5. The summed E-state index contributed by atoms with van der Waals surface area (Å²) in [5, 5.41) is 0. The van der Waals surface area contributed by atoms with Crippen LogP contribution >= 0.6 is 0 Å². The van der Waals surface area contributed by atoms with Gasteiger partial charge in [0, 0.05) is 12.6 Å². The highest BCUT2D eigenvalue weighted by Gasteiger charge is 2.11. The molecule has 0 radical (unpaired) electrons. The maximum absolute atomic E-state index is 12.0. The van der Waals surface area contributed by atoms with Crippen molar-refractivity contribution in [3.05, 3.63) is 71.2 Å². The molecule has 0 N–H and O–H groups in total. The predicted octanol–water partition coefficient (Wildman–Crippen LogP) is 3.63. The van der Waals surface area contributed by atoms with E-state index in [4.69, 9.17) is 4.74 Å². The Bertz CT molecular complexity index is 819. The molecule has 0 saturated carbocycles. The number of aryl methyl sites for hydroxylation is 3. The van der Waals surface area contributed by atoms with Gasteiger partial charge in [-0.2, -0.15) is 0 Å². The van der Waals surface area contributed by atoms with E-state index in [9.17, 15) is 4.79 Å². The lowest BCUT2D eigenvalue weighted by molar-refractivity contribution is -0.145. The van der Waals surface area contributed by atoms with Crippen molar-refractivity contribution in [3.8, 4) is 0 Å². The highest BCUT2D eigenvalue weighted by Crippen LogP contribution is 2.13. The number of aromatic nitrogens is 2. The van der Waals surface area contributed by atoms with Gasteiger partial charge < -0.3 is 9.14 Å². The van der Waals surface area contributed by atoms with Crippen molar-refractivity contribution in [3.63, 3.8) is 0 Å². The van der Waals surface area contributed by atoms with Gasteiger partial charge in [0.15, 0.2) is 0 Å². The van der Waals surface area contributed by atoms with Crippen molar-refractivity contribution in [2.24, 2.45) is 0 Å². The summed E-state index contributed by atoms with van der Waals surface area (Å²) in [7, 11) is 0. The molecular formula is C19H20N2O2. The molecule has 0 saturated heterocycles. The van der Waals surface area contributed by atoms with Crippen LogP contribution in [0.2, 0.25) is 0 Å². The number of carbonyl (C=O) groups is 1. The van der Waals surface area contributed by atoms with Gasteiger partial charge >= 0.3 is 5.97 Å². The molecule has 2 heterocycles. The van der Waals surface area contributed by atoms with Crippen LogP contribution in [0.25, 0.3) is 5.65 Å². The van der Waals surface area contributed by atoms with E-state index in [0.717, 1.165) is 22.6 Å². The standard InChI is InChI=1S/C19H20N2O2/c1-14-6-8-16(9-7-14)10-11-19(22)23-13-17-15(2)20-18-5-3-4-12-21(17)18/h3-9,12H,10-11,13H2,1-2H3. The Morgan fingerprint density at radius 2 is 1.91 bits per heavy atom. The lowest BCUT2D eigenvalue weighted by atomic mass is 10.1. The number of fused-ring (bicyclic) bond motifs is 1. The Morgan fingerprint density at radius 1 is 1.13 bits per heavy atom. The van der Waals surface area contributed by atoms with Crippen LogP contribution in [0.15, 0.2) is 48.7 Å². The number of rotatable bonds is 5. The third-order valence-corrected chi connectivity index (χ3v) is 3.94. The number of ether oxygens (including phenoxy) is 1. The molecule has 0 fully saturated rings. The first kappa shape index (κ1) is 15.3. The molecule has 4 heteroatoms. The molecule has 4 nitrogen and oxygen atoms in total. The van der Waals surface area contributed by atoms with Gasteiger partial charge in [0.25, 0.3) is 0 Å². The molecule has 1 aromatic carbocycles. The number of pyridine rings is 1. The molecule has 0 unspecified atom stereocenters. The minimum Gasteiger partial charge on any atom is -0.459 e. The lowest BCUT2D eigenvalue weighted by Crippen LogP contribution is -2.08. The Balaban J connectivity index is 1.58. The van der Waals surface area contributed by atoms with Crippen LogP contribution in [-0.2, 0) is 22.6 Å². The number of benzene rings is 1. The summed E-state index contributed by atoms with van der Waals surface area (Å²) in [5.41, 5.74) is 5.06. The zero-order valence-electron chi connectivity index (χ0n) is 13.5. The van der Waals surface area contributed by atoms with Gasteiger partial charge in [0.05, 0.1) is 11.4 Å². The van der Waals surface area contributed by atoms with Gasteiger partial charge in [-0.05, 0) is 38.0 Å². The Labute approximate surface area is 135 Å². The minimum atomic E-state index is -0.184. The van der Waals surface area contributed by atoms with Crippen molar-refractivity contribution >= 4 is 11.6 Å². The van der Waals surface area contributed by atoms with E-state index >= 15 is 0 Å². The third kappa shape index (κ3) is 3.59. The average Bonchev–Trinajstić information content (AvgIpc) is 2.87. The fourth-order valence-electron chi connectivity index (χ4n) is 2.56. The lowest BCUT2D eigenvalue weighted by Gasteiger charge is -2.06. The van der Waals surface area contributed by atoms with Crippen LogP contribution in [0.5, 0.6) is 0 Å². The molecule has 0 spiro atoms. The highest BCUT2D eigenvalue weighted by molar-refractivity contribution is 5.69. The summed E-state index contributed by atoms with van der Waals surface area (Å²) >= 11 is 0. The van der Waals surface area contributed by atoms with Crippen molar-refractivity contribution in [1.29, 1.82) is 0 Å². The first-order valence-electron chi connectivity index (χ1n) is 7.77. The summed E-state index contributed by atoms with van der Waals surface area (Å²) in [6.45, 7) is 4.24. The van der Waals surface area contributed by atoms with E-state index < -0.39 is 0 Å². The van der Waals surface area contributed by atoms with Crippen LogP contribution in [0, 0.1) is 13.8 Å². The molecule has 0 atom stereocenters. The minimum absolute atomic E-state index is 0.184. The number of esters is 1. The van der Waals surface area contributed by atoms with E-state index in [1.54, 1.807) is 0 Å². The van der Waals surface area contributed by atoms with Crippen LogP contribution < -0.4 is 0 Å². The number of imidazole rings is 1. The quantitative estimate of drug-likeness (QED) is 0.676. The molecule has 0 aliphatic rings. The summed E-state index contributed by atoms with van der Waals surface area (Å²) < 4.78 is 7.38. The van der Waals surface area contributed by atoms with Crippen molar-refractivity contribution < 1.29 is 9.53 Å². The number of hydrogen-bond acceptors (Lipinski definition) is 3. The second-order valence-corrected chi connectivity index (χ2v) is 5.72. The van der Waals surface area contributed by atoms with Crippen molar-refractivity contribution in [1.82, 2.24) is 9.38 Å². The normalized spacial score (nSPS) is 10.9. The Hall–Kier alpha value is -2.62. The van der Waals surface area contributed by atoms with Crippen molar-refractivity contribution in [2.75, 3.05) is 0 Å². The molecular weight excluding hydrogens is 288 g/mol. The summed E-state index contributed by atoms with van der Waals surface area (Å²) in [4.78, 5) is 16.4. The predicted molar refractivity (Wildman–Crippen MR) is 89.2 cm³/mol. The number of carbonyl (C=O) groups excluding carboxylic acids is 1. The Morgan fingerprint density at radius 3 is 2.70 bits per heavy atom. The van der Waals surface area contributed by atoms with Gasteiger partial charge in [-0.3, -0.25) is 4.79 Å². The molecule has 0 aliphatic heterocycles. The molecule has 3 aromatic rings. The van der Waals surface area contributed by atoms with Gasteiger partial charge in [0.1, 0.15) is 12.3 Å². The SMILES string of the molecule is Cc1ccc(CCC(=O)OCc2c(C)nc3ccccn23)cc1. The van der Waals surface area contributed by atoms with Crippen molar-refractivity contribution in [2.45, 2.75) is 33.3 Å². The summed E-state index contributed by atoms with van der Waals surface area (Å²) in [6.07, 6.45) is 3.02. The first-order chi connectivity index (χ1) is 11.1. The van der Waals surface area contributed by atoms with E-state index in [2.05, 4.69) is 36.2 Å². The number of nitrogens with zero attached hydrogens (tertiary/aromatic N) is 2. The van der Waals surface area contributed by atoms with Crippen LogP contribution in [0.1, 0.15) is 28.9 Å². The van der Waals surface area contributed by atoms with Gasteiger partial charge in [-0.1, -0.05) is 35.9 Å². The summed E-state index contributed by atoms with van der Waals surface area (Å²) in [5.74, 6) is -0.184. The maximum Gasteiger partial charge on any atom is 0.306 e. The molecule has 0 bridgehead atoms. The molecule has 118 valence electrons.